The fraction of sp³-hybridized carbons (Fsp3) is 0.500. The lowest BCUT2D eigenvalue weighted by molar-refractivity contribution is -0.125. The van der Waals surface area contributed by atoms with Crippen molar-refractivity contribution < 1.29 is 20.1 Å². The van der Waals surface area contributed by atoms with Crippen LogP contribution in [0.3, 0.4) is 0 Å². The molecule has 0 radical (unpaired) electrons. The van der Waals surface area contributed by atoms with E-state index < -0.39 is 17.7 Å². The highest BCUT2D eigenvalue weighted by atomic mass is 16.3. The molecule has 2 atom stereocenters. The van der Waals surface area contributed by atoms with Gasteiger partial charge in [0.05, 0.1) is 17.7 Å². The molecule has 0 bridgehead atoms. The standard InChI is InChI=1S/C14H22N2O4/c1-8(17)14(2,3)16-13(20)10(15)6-9-4-5-11(18)12(19)7-9/h4-5,7-8,10,17-19H,6,15H2,1-3H3,(H,16,20)/t8?,10-/m0/s1. The third kappa shape index (κ3) is 4.11. The van der Waals surface area contributed by atoms with Gasteiger partial charge in [-0.2, -0.15) is 0 Å². The number of phenolic OH excluding ortho intramolecular Hbond substituents is 2. The summed E-state index contributed by atoms with van der Waals surface area (Å²) >= 11 is 0. The molecule has 1 aromatic carbocycles. The molecule has 0 saturated heterocycles. The summed E-state index contributed by atoms with van der Waals surface area (Å²) in [6, 6.07) is 3.48. The number of hydrogen-bond acceptors (Lipinski definition) is 5. The maximum absolute atomic E-state index is 12.0. The van der Waals surface area contributed by atoms with Crippen molar-refractivity contribution in [3.63, 3.8) is 0 Å². The Morgan fingerprint density at radius 2 is 1.95 bits per heavy atom. The molecule has 20 heavy (non-hydrogen) atoms. The van der Waals surface area contributed by atoms with Crippen molar-refractivity contribution >= 4 is 5.91 Å². The van der Waals surface area contributed by atoms with Gasteiger partial charge in [0.15, 0.2) is 11.5 Å². The molecule has 1 unspecified atom stereocenters. The van der Waals surface area contributed by atoms with Crippen molar-refractivity contribution in [1.82, 2.24) is 5.32 Å². The van der Waals surface area contributed by atoms with Crippen molar-refractivity contribution in [1.29, 1.82) is 0 Å². The molecular formula is C14H22N2O4. The highest BCUT2D eigenvalue weighted by Crippen LogP contribution is 2.25. The van der Waals surface area contributed by atoms with Crippen LogP contribution in [-0.2, 0) is 11.2 Å². The fourth-order valence-electron chi connectivity index (χ4n) is 1.56. The van der Waals surface area contributed by atoms with Gasteiger partial charge < -0.3 is 26.4 Å². The molecule has 0 fully saturated rings. The maximum atomic E-state index is 12.0. The Balaban J connectivity index is 2.68. The van der Waals surface area contributed by atoms with E-state index in [4.69, 9.17) is 5.73 Å². The molecule has 0 aromatic heterocycles. The van der Waals surface area contributed by atoms with Crippen LogP contribution in [0.15, 0.2) is 18.2 Å². The Kier molecular flexibility index (Phi) is 4.97. The predicted octanol–water partition coefficient (Wildman–Crippen LogP) is 0.243. The van der Waals surface area contributed by atoms with Gasteiger partial charge in [0.1, 0.15) is 0 Å². The molecule has 6 heteroatoms. The molecule has 0 aliphatic rings. The summed E-state index contributed by atoms with van der Waals surface area (Å²) in [5.74, 6) is -0.857. The first kappa shape index (κ1) is 16.3. The first-order valence-corrected chi connectivity index (χ1v) is 6.40. The SMILES string of the molecule is CC(O)C(C)(C)NC(=O)[C@@H](N)Cc1ccc(O)c(O)c1. The molecule has 0 heterocycles. The van der Waals surface area contributed by atoms with E-state index in [-0.39, 0.29) is 23.8 Å². The fourth-order valence-corrected chi connectivity index (χ4v) is 1.56. The van der Waals surface area contributed by atoms with Crippen molar-refractivity contribution in [3.8, 4) is 11.5 Å². The molecule has 0 saturated carbocycles. The minimum atomic E-state index is -0.808. The number of hydrogen-bond donors (Lipinski definition) is 5. The van der Waals surface area contributed by atoms with E-state index in [1.54, 1.807) is 26.8 Å². The normalized spacial score (nSPS) is 14.7. The summed E-state index contributed by atoms with van der Waals surface area (Å²) in [6.45, 7) is 4.99. The third-order valence-corrected chi connectivity index (χ3v) is 3.32. The maximum Gasteiger partial charge on any atom is 0.237 e. The topological polar surface area (TPSA) is 116 Å². The molecule has 1 rings (SSSR count). The molecule has 0 spiro atoms. The Bertz CT molecular complexity index is 486. The van der Waals surface area contributed by atoms with Crippen LogP contribution in [0.2, 0.25) is 0 Å². The van der Waals surface area contributed by atoms with E-state index in [0.29, 0.717) is 5.56 Å². The average Bonchev–Trinajstić information content (AvgIpc) is 2.33. The van der Waals surface area contributed by atoms with E-state index in [2.05, 4.69) is 5.32 Å². The van der Waals surface area contributed by atoms with Gasteiger partial charge in [0, 0.05) is 0 Å². The first-order valence-electron chi connectivity index (χ1n) is 6.40. The molecule has 0 aliphatic carbocycles. The molecule has 1 aromatic rings. The lowest BCUT2D eigenvalue weighted by atomic mass is 9.97. The van der Waals surface area contributed by atoms with Crippen LogP contribution in [0.1, 0.15) is 26.3 Å². The minimum Gasteiger partial charge on any atom is -0.504 e. The van der Waals surface area contributed by atoms with Gasteiger partial charge in [-0.25, -0.2) is 0 Å². The van der Waals surface area contributed by atoms with Crippen LogP contribution < -0.4 is 11.1 Å². The van der Waals surface area contributed by atoms with Crippen LogP contribution in [-0.4, -0.2) is 38.9 Å². The van der Waals surface area contributed by atoms with Gasteiger partial charge in [-0.15, -0.1) is 0 Å². The molecule has 6 nitrogen and oxygen atoms in total. The van der Waals surface area contributed by atoms with Gasteiger partial charge in [0.25, 0.3) is 0 Å². The summed E-state index contributed by atoms with van der Waals surface area (Å²) in [5, 5.41) is 30.8. The van der Waals surface area contributed by atoms with Gasteiger partial charge in [0.2, 0.25) is 5.91 Å². The van der Waals surface area contributed by atoms with Crippen LogP contribution in [0.25, 0.3) is 0 Å². The van der Waals surface area contributed by atoms with Crippen molar-refractivity contribution in [2.45, 2.75) is 44.9 Å². The number of benzene rings is 1. The molecule has 1 amide bonds. The monoisotopic (exact) mass is 282 g/mol. The minimum absolute atomic E-state index is 0.218. The zero-order chi connectivity index (χ0) is 15.5. The van der Waals surface area contributed by atoms with Gasteiger partial charge in [-0.3, -0.25) is 4.79 Å². The Morgan fingerprint density at radius 3 is 2.45 bits per heavy atom. The van der Waals surface area contributed by atoms with Crippen LogP contribution >= 0.6 is 0 Å². The quantitative estimate of drug-likeness (QED) is 0.496. The van der Waals surface area contributed by atoms with E-state index in [1.807, 2.05) is 0 Å². The highest BCUT2D eigenvalue weighted by Gasteiger charge is 2.28. The van der Waals surface area contributed by atoms with Crippen LogP contribution in [0.5, 0.6) is 11.5 Å². The first-order chi connectivity index (χ1) is 9.13. The summed E-state index contributed by atoms with van der Waals surface area (Å²) in [4.78, 5) is 12.0. The second-order valence-electron chi connectivity index (χ2n) is 5.52. The van der Waals surface area contributed by atoms with Gasteiger partial charge >= 0.3 is 0 Å². The summed E-state index contributed by atoms with van der Waals surface area (Å²) in [7, 11) is 0. The number of nitrogens with two attached hydrogens (primary N) is 1. The number of phenols is 2. The van der Waals surface area contributed by atoms with Gasteiger partial charge in [-0.05, 0) is 44.9 Å². The summed E-state index contributed by atoms with van der Waals surface area (Å²) in [5.41, 5.74) is 5.67. The summed E-state index contributed by atoms with van der Waals surface area (Å²) in [6.07, 6.45) is -0.494. The number of amides is 1. The van der Waals surface area contributed by atoms with E-state index >= 15 is 0 Å². The molecule has 0 aliphatic heterocycles. The van der Waals surface area contributed by atoms with Crippen molar-refractivity contribution in [3.05, 3.63) is 23.8 Å². The van der Waals surface area contributed by atoms with Crippen molar-refractivity contribution in [2.75, 3.05) is 0 Å². The number of nitrogens with one attached hydrogen (secondary N) is 1. The number of aliphatic hydroxyl groups is 1. The second-order valence-corrected chi connectivity index (χ2v) is 5.52. The third-order valence-electron chi connectivity index (χ3n) is 3.32. The van der Waals surface area contributed by atoms with E-state index in [0.717, 1.165) is 0 Å². The average molecular weight is 282 g/mol. The lowest BCUT2D eigenvalue weighted by Crippen LogP contribution is -2.55. The largest absolute Gasteiger partial charge is 0.504 e. The highest BCUT2D eigenvalue weighted by molar-refractivity contribution is 5.82. The molecule has 6 N–H and O–H groups in total. The zero-order valence-corrected chi connectivity index (χ0v) is 11.9. The smallest absolute Gasteiger partial charge is 0.237 e. The number of carbonyl (C=O) groups excluding carboxylic acids is 1. The number of rotatable bonds is 5. The van der Waals surface area contributed by atoms with E-state index in [9.17, 15) is 20.1 Å². The number of carbonyl (C=O) groups is 1. The number of aromatic hydroxyl groups is 2. The van der Waals surface area contributed by atoms with Crippen LogP contribution in [0, 0.1) is 0 Å². The molecular weight excluding hydrogens is 260 g/mol. The predicted molar refractivity (Wildman–Crippen MR) is 75.4 cm³/mol. The Labute approximate surface area is 118 Å². The zero-order valence-electron chi connectivity index (χ0n) is 11.9. The molecule has 112 valence electrons. The van der Waals surface area contributed by atoms with Gasteiger partial charge in [-0.1, -0.05) is 6.07 Å². The van der Waals surface area contributed by atoms with Crippen molar-refractivity contribution in [2.24, 2.45) is 5.73 Å². The van der Waals surface area contributed by atoms with E-state index in [1.165, 1.54) is 12.1 Å². The number of aliphatic hydroxyl groups excluding tert-OH is 1. The lowest BCUT2D eigenvalue weighted by Gasteiger charge is -2.30. The summed E-state index contributed by atoms with van der Waals surface area (Å²) < 4.78 is 0. The Morgan fingerprint density at radius 1 is 1.35 bits per heavy atom. The van der Waals surface area contributed by atoms with Crippen LogP contribution in [0.4, 0.5) is 0 Å². The Hall–Kier alpha value is -1.79. The second kappa shape index (κ2) is 6.11.